The number of nitrogens with zero attached hydrogens (tertiary/aromatic N) is 2. The maximum Gasteiger partial charge on any atom is 0.111 e. The van der Waals surface area contributed by atoms with Crippen molar-refractivity contribution in [2.24, 2.45) is 0 Å². The highest BCUT2D eigenvalue weighted by molar-refractivity contribution is 4.93. The lowest BCUT2D eigenvalue weighted by molar-refractivity contribution is 0.157. The van der Waals surface area contributed by atoms with Gasteiger partial charge in [-0.15, -0.1) is 0 Å². The van der Waals surface area contributed by atoms with Gasteiger partial charge in [0.2, 0.25) is 0 Å². The van der Waals surface area contributed by atoms with Gasteiger partial charge in [0.05, 0.1) is 6.10 Å². The highest BCUT2D eigenvalue weighted by atomic mass is 16.3. The number of aliphatic hydroxyl groups excluding tert-OH is 1. The Morgan fingerprint density at radius 2 is 1.62 bits per heavy atom. The van der Waals surface area contributed by atoms with E-state index in [0.29, 0.717) is 6.42 Å². The van der Waals surface area contributed by atoms with Crippen molar-refractivity contribution >= 4 is 0 Å². The largest absolute Gasteiger partial charge is 0.393 e. The van der Waals surface area contributed by atoms with Crippen LogP contribution in [0, 0.1) is 0 Å². The lowest BCUT2D eigenvalue weighted by Crippen LogP contribution is -2.14. The zero-order valence-electron chi connectivity index (χ0n) is 14.1. The summed E-state index contributed by atoms with van der Waals surface area (Å²) in [6, 6.07) is 0. The van der Waals surface area contributed by atoms with Crippen LogP contribution < -0.4 is 0 Å². The minimum absolute atomic E-state index is 0.234. The second kappa shape index (κ2) is 11.8. The molecule has 0 aliphatic carbocycles. The van der Waals surface area contributed by atoms with Gasteiger partial charge >= 0.3 is 0 Å². The molecule has 0 aliphatic rings. The van der Waals surface area contributed by atoms with Crippen molar-refractivity contribution in [2.75, 3.05) is 0 Å². The van der Waals surface area contributed by atoms with E-state index in [0.717, 1.165) is 25.2 Å². The molecule has 1 aromatic rings. The first-order valence-electron chi connectivity index (χ1n) is 8.96. The average Bonchev–Trinajstić information content (AvgIpc) is 2.92. The molecule has 0 fully saturated rings. The van der Waals surface area contributed by atoms with E-state index >= 15 is 0 Å². The van der Waals surface area contributed by atoms with Crippen LogP contribution in [0.25, 0.3) is 0 Å². The molecule has 21 heavy (non-hydrogen) atoms. The van der Waals surface area contributed by atoms with Crippen LogP contribution in [-0.4, -0.2) is 20.8 Å². The molecule has 1 atom stereocenters. The number of imidazole rings is 1. The summed E-state index contributed by atoms with van der Waals surface area (Å²) in [4.78, 5) is 4.32. The Morgan fingerprint density at radius 1 is 1.00 bits per heavy atom. The van der Waals surface area contributed by atoms with Gasteiger partial charge in [-0.25, -0.2) is 4.98 Å². The average molecular weight is 294 g/mol. The summed E-state index contributed by atoms with van der Waals surface area (Å²) in [5.74, 6) is 1.01. The molecule has 0 aliphatic heterocycles. The summed E-state index contributed by atoms with van der Waals surface area (Å²) in [7, 11) is 0. The van der Waals surface area contributed by atoms with Crippen molar-refractivity contribution in [1.29, 1.82) is 0 Å². The predicted molar refractivity (Wildman–Crippen MR) is 89.5 cm³/mol. The monoisotopic (exact) mass is 294 g/mol. The normalized spacial score (nSPS) is 12.7. The summed E-state index contributed by atoms with van der Waals surface area (Å²) >= 11 is 0. The fourth-order valence-corrected chi connectivity index (χ4v) is 2.82. The second-order valence-corrected chi connectivity index (χ2v) is 6.10. The van der Waals surface area contributed by atoms with Crippen LogP contribution in [0.2, 0.25) is 0 Å². The SMILES string of the molecule is CCCCCCCCCCCC(O)Cc1nccn1CC. The van der Waals surface area contributed by atoms with Crippen molar-refractivity contribution in [3.05, 3.63) is 18.2 Å². The number of aryl methyl sites for hydroxylation is 1. The van der Waals surface area contributed by atoms with Gasteiger partial charge < -0.3 is 9.67 Å². The fraction of sp³-hybridized carbons (Fsp3) is 0.833. The van der Waals surface area contributed by atoms with Crippen molar-refractivity contribution in [3.8, 4) is 0 Å². The first-order valence-corrected chi connectivity index (χ1v) is 8.96. The Hall–Kier alpha value is -0.830. The Balaban J connectivity index is 1.97. The molecule has 3 heteroatoms. The van der Waals surface area contributed by atoms with E-state index < -0.39 is 0 Å². The summed E-state index contributed by atoms with van der Waals surface area (Å²) in [5.41, 5.74) is 0. The molecule has 122 valence electrons. The Morgan fingerprint density at radius 3 is 2.24 bits per heavy atom. The quantitative estimate of drug-likeness (QED) is 0.534. The van der Waals surface area contributed by atoms with Crippen LogP contribution >= 0.6 is 0 Å². The maximum atomic E-state index is 10.1. The summed E-state index contributed by atoms with van der Waals surface area (Å²) in [6.07, 6.45) is 17.2. The zero-order valence-corrected chi connectivity index (χ0v) is 14.1. The second-order valence-electron chi connectivity index (χ2n) is 6.10. The molecule has 3 nitrogen and oxygen atoms in total. The zero-order chi connectivity index (χ0) is 15.3. The van der Waals surface area contributed by atoms with E-state index in [4.69, 9.17) is 0 Å². The van der Waals surface area contributed by atoms with E-state index in [2.05, 4.69) is 23.4 Å². The van der Waals surface area contributed by atoms with Gasteiger partial charge in [-0.3, -0.25) is 0 Å². The third-order valence-corrected chi connectivity index (χ3v) is 4.20. The minimum atomic E-state index is -0.234. The number of aliphatic hydroxyl groups is 1. The van der Waals surface area contributed by atoms with E-state index in [1.807, 2.05) is 12.4 Å². The highest BCUT2D eigenvalue weighted by Gasteiger charge is 2.09. The van der Waals surface area contributed by atoms with E-state index in [9.17, 15) is 5.11 Å². The fourth-order valence-electron chi connectivity index (χ4n) is 2.82. The lowest BCUT2D eigenvalue weighted by atomic mass is 10.0. The van der Waals surface area contributed by atoms with Crippen molar-refractivity contribution in [2.45, 2.75) is 97.1 Å². The van der Waals surface area contributed by atoms with E-state index in [-0.39, 0.29) is 6.10 Å². The molecule has 0 spiro atoms. The molecule has 0 saturated heterocycles. The molecule has 0 bridgehead atoms. The molecule has 1 heterocycles. The predicted octanol–water partition coefficient (Wildman–Crippen LogP) is 4.73. The number of unbranched alkanes of at least 4 members (excludes halogenated alkanes) is 8. The van der Waals surface area contributed by atoms with E-state index in [1.54, 1.807) is 0 Å². The van der Waals surface area contributed by atoms with Crippen molar-refractivity contribution in [1.82, 2.24) is 9.55 Å². The van der Waals surface area contributed by atoms with Gasteiger partial charge in [0.15, 0.2) is 0 Å². The summed E-state index contributed by atoms with van der Waals surface area (Å²) < 4.78 is 2.11. The maximum absolute atomic E-state index is 10.1. The van der Waals surface area contributed by atoms with Crippen molar-refractivity contribution in [3.63, 3.8) is 0 Å². The van der Waals surface area contributed by atoms with Gasteiger partial charge in [0.25, 0.3) is 0 Å². The van der Waals surface area contributed by atoms with Crippen LogP contribution in [0.5, 0.6) is 0 Å². The summed E-state index contributed by atoms with van der Waals surface area (Å²) in [6.45, 7) is 5.30. The Kier molecular flexibility index (Phi) is 10.2. The molecule has 0 radical (unpaired) electrons. The van der Waals surface area contributed by atoms with Gasteiger partial charge in [-0.05, 0) is 13.3 Å². The van der Waals surface area contributed by atoms with Crippen LogP contribution in [0.3, 0.4) is 0 Å². The molecule has 0 saturated carbocycles. The Labute approximate surface area is 130 Å². The molecule has 0 amide bonds. The highest BCUT2D eigenvalue weighted by Crippen LogP contribution is 2.13. The molecule has 1 unspecified atom stereocenters. The van der Waals surface area contributed by atoms with Crippen LogP contribution in [0.15, 0.2) is 12.4 Å². The Bertz CT molecular complexity index is 349. The molecule has 1 rings (SSSR count). The summed E-state index contributed by atoms with van der Waals surface area (Å²) in [5, 5.41) is 10.1. The van der Waals surface area contributed by atoms with Gasteiger partial charge in [-0.2, -0.15) is 0 Å². The van der Waals surface area contributed by atoms with Crippen LogP contribution in [-0.2, 0) is 13.0 Å². The topological polar surface area (TPSA) is 38.1 Å². The smallest absolute Gasteiger partial charge is 0.111 e. The van der Waals surface area contributed by atoms with Crippen LogP contribution in [0.1, 0.15) is 83.9 Å². The number of hydrogen-bond donors (Lipinski definition) is 1. The number of hydrogen-bond acceptors (Lipinski definition) is 2. The van der Waals surface area contributed by atoms with Gasteiger partial charge in [0, 0.05) is 25.4 Å². The van der Waals surface area contributed by atoms with Crippen molar-refractivity contribution < 1.29 is 5.11 Å². The molecular weight excluding hydrogens is 260 g/mol. The third kappa shape index (κ3) is 8.25. The minimum Gasteiger partial charge on any atom is -0.393 e. The van der Waals surface area contributed by atoms with Crippen LogP contribution in [0.4, 0.5) is 0 Å². The molecule has 0 aromatic carbocycles. The number of rotatable bonds is 13. The molecule has 1 aromatic heterocycles. The first kappa shape index (κ1) is 18.2. The first-order chi connectivity index (χ1) is 10.3. The molecule has 1 N–H and O–H groups in total. The lowest BCUT2D eigenvalue weighted by Gasteiger charge is -2.11. The van der Waals surface area contributed by atoms with E-state index in [1.165, 1.54) is 51.4 Å². The van der Waals surface area contributed by atoms with Gasteiger partial charge in [0.1, 0.15) is 5.82 Å². The third-order valence-electron chi connectivity index (χ3n) is 4.20. The standard InChI is InChI=1S/C18H34N2O/c1-3-5-6-7-8-9-10-11-12-13-17(21)16-18-19-14-15-20(18)4-2/h14-15,17,21H,3-13,16H2,1-2H3. The van der Waals surface area contributed by atoms with Gasteiger partial charge in [-0.1, -0.05) is 64.7 Å². The number of aromatic nitrogens is 2. The molecular formula is C18H34N2O.